The van der Waals surface area contributed by atoms with Crippen molar-refractivity contribution in [1.29, 1.82) is 0 Å². The van der Waals surface area contributed by atoms with Crippen LogP contribution in [0.2, 0.25) is 0 Å². The second-order valence-electron chi connectivity index (χ2n) is 6.48. The lowest BCUT2D eigenvalue weighted by molar-refractivity contribution is -0.136. The van der Waals surface area contributed by atoms with Crippen molar-refractivity contribution in [2.75, 3.05) is 11.9 Å². The molecule has 2 aromatic rings. The highest BCUT2D eigenvalue weighted by Crippen LogP contribution is 2.15. The van der Waals surface area contributed by atoms with E-state index in [2.05, 4.69) is 22.9 Å². The standard InChI is InChI=1S/C22H27N3O3/c1-2-3-4-10-15-23-21(27)22(28)25-19-14-9-8-13-18(19)20(26)24-16-17-11-6-5-7-12-17/h5-9,11-14H,2-4,10,15-16H2,1H3,(H,23,27)(H,24,26)(H,25,28). The van der Waals surface area contributed by atoms with E-state index < -0.39 is 11.8 Å². The summed E-state index contributed by atoms with van der Waals surface area (Å²) in [5.41, 5.74) is 1.58. The smallest absolute Gasteiger partial charge is 0.313 e. The van der Waals surface area contributed by atoms with Gasteiger partial charge in [0.1, 0.15) is 0 Å². The predicted molar refractivity (Wildman–Crippen MR) is 110 cm³/mol. The number of para-hydroxylation sites is 1. The van der Waals surface area contributed by atoms with Gasteiger partial charge >= 0.3 is 11.8 Å². The Morgan fingerprint density at radius 3 is 2.25 bits per heavy atom. The van der Waals surface area contributed by atoms with E-state index in [9.17, 15) is 14.4 Å². The normalized spacial score (nSPS) is 10.2. The fourth-order valence-electron chi connectivity index (χ4n) is 2.68. The van der Waals surface area contributed by atoms with E-state index in [1.165, 1.54) is 0 Å². The molecule has 0 aliphatic rings. The fourth-order valence-corrected chi connectivity index (χ4v) is 2.68. The van der Waals surface area contributed by atoms with Gasteiger partial charge in [-0.3, -0.25) is 14.4 Å². The third-order valence-electron chi connectivity index (χ3n) is 4.24. The number of benzene rings is 2. The molecule has 3 amide bonds. The molecule has 0 heterocycles. The number of rotatable bonds is 9. The van der Waals surface area contributed by atoms with E-state index in [1.54, 1.807) is 24.3 Å². The van der Waals surface area contributed by atoms with Crippen molar-refractivity contribution in [3.63, 3.8) is 0 Å². The quantitative estimate of drug-likeness (QED) is 0.460. The molecule has 0 atom stereocenters. The summed E-state index contributed by atoms with van der Waals surface area (Å²) in [5, 5.41) is 7.96. The van der Waals surface area contributed by atoms with Gasteiger partial charge in [0.2, 0.25) is 0 Å². The number of carbonyl (C=O) groups is 3. The lowest BCUT2D eigenvalue weighted by atomic mass is 10.1. The SMILES string of the molecule is CCCCCCNC(=O)C(=O)Nc1ccccc1C(=O)NCc1ccccc1. The maximum Gasteiger partial charge on any atom is 0.313 e. The van der Waals surface area contributed by atoms with Crippen molar-refractivity contribution < 1.29 is 14.4 Å². The lowest BCUT2D eigenvalue weighted by Crippen LogP contribution is -2.36. The molecule has 2 rings (SSSR count). The van der Waals surface area contributed by atoms with Crippen LogP contribution in [0.4, 0.5) is 5.69 Å². The van der Waals surface area contributed by atoms with Crippen LogP contribution in [0.3, 0.4) is 0 Å². The summed E-state index contributed by atoms with van der Waals surface area (Å²) in [4.78, 5) is 36.6. The molecule has 0 spiro atoms. The average molecular weight is 381 g/mol. The maximum absolute atomic E-state index is 12.5. The van der Waals surface area contributed by atoms with Crippen LogP contribution in [0.15, 0.2) is 54.6 Å². The van der Waals surface area contributed by atoms with E-state index in [1.807, 2.05) is 30.3 Å². The van der Waals surface area contributed by atoms with E-state index >= 15 is 0 Å². The molecular weight excluding hydrogens is 354 g/mol. The van der Waals surface area contributed by atoms with Gasteiger partial charge in [-0.15, -0.1) is 0 Å². The average Bonchev–Trinajstić information content (AvgIpc) is 2.72. The van der Waals surface area contributed by atoms with Gasteiger partial charge in [-0.1, -0.05) is 68.7 Å². The zero-order chi connectivity index (χ0) is 20.2. The molecule has 0 saturated heterocycles. The highest BCUT2D eigenvalue weighted by molar-refractivity contribution is 6.40. The number of unbranched alkanes of at least 4 members (excludes halogenated alkanes) is 3. The third kappa shape index (κ3) is 6.87. The summed E-state index contributed by atoms with van der Waals surface area (Å²) >= 11 is 0. The Morgan fingerprint density at radius 2 is 1.50 bits per heavy atom. The third-order valence-corrected chi connectivity index (χ3v) is 4.24. The van der Waals surface area contributed by atoms with Gasteiger partial charge in [0.25, 0.3) is 5.91 Å². The zero-order valence-electron chi connectivity index (χ0n) is 16.2. The largest absolute Gasteiger partial charge is 0.348 e. The highest BCUT2D eigenvalue weighted by atomic mass is 16.2. The van der Waals surface area contributed by atoms with Crippen LogP contribution in [-0.2, 0) is 16.1 Å². The highest BCUT2D eigenvalue weighted by Gasteiger charge is 2.17. The minimum Gasteiger partial charge on any atom is -0.348 e. The molecule has 0 aromatic heterocycles. The van der Waals surface area contributed by atoms with E-state index in [4.69, 9.17) is 0 Å². The Kier molecular flexibility index (Phi) is 8.72. The van der Waals surface area contributed by atoms with Gasteiger partial charge in [-0.25, -0.2) is 0 Å². The van der Waals surface area contributed by atoms with Gasteiger partial charge in [0.05, 0.1) is 11.3 Å². The van der Waals surface area contributed by atoms with Crippen LogP contribution in [0.25, 0.3) is 0 Å². The Bertz CT molecular complexity index is 791. The van der Waals surface area contributed by atoms with E-state index in [0.717, 1.165) is 31.2 Å². The van der Waals surface area contributed by atoms with Gasteiger partial charge in [-0.2, -0.15) is 0 Å². The van der Waals surface area contributed by atoms with Crippen molar-refractivity contribution in [2.45, 2.75) is 39.2 Å². The predicted octanol–water partition coefficient (Wildman–Crippen LogP) is 3.25. The van der Waals surface area contributed by atoms with Crippen molar-refractivity contribution in [2.24, 2.45) is 0 Å². The number of anilines is 1. The molecule has 6 heteroatoms. The molecule has 0 aliphatic heterocycles. The fraction of sp³-hybridized carbons (Fsp3) is 0.318. The maximum atomic E-state index is 12.5. The van der Waals surface area contributed by atoms with Crippen molar-refractivity contribution in [3.05, 3.63) is 65.7 Å². The Balaban J connectivity index is 1.90. The molecule has 0 bridgehead atoms. The van der Waals surface area contributed by atoms with Gasteiger partial charge in [-0.05, 0) is 24.1 Å². The number of amides is 3. The summed E-state index contributed by atoms with van der Waals surface area (Å²) in [7, 11) is 0. The van der Waals surface area contributed by atoms with E-state index in [-0.39, 0.29) is 5.91 Å². The molecule has 0 aliphatic carbocycles. The van der Waals surface area contributed by atoms with Gasteiger partial charge < -0.3 is 16.0 Å². The van der Waals surface area contributed by atoms with Crippen LogP contribution in [0, 0.1) is 0 Å². The first-order valence-electron chi connectivity index (χ1n) is 9.62. The summed E-state index contributed by atoms with van der Waals surface area (Å²) in [6.45, 7) is 2.95. The molecule has 3 N–H and O–H groups in total. The first-order valence-corrected chi connectivity index (χ1v) is 9.62. The molecule has 28 heavy (non-hydrogen) atoms. The number of nitrogens with one attached hydrogen (secondary N) is 3. The lowest BCUT2D eigenvalue weighted by Gasteiger charge is -2.11. The first kappa shape index (κ1) is 21.2. The van der Waals surface area contributed by atoms with Gasteiger partial charge in [0.15, 0.2) is 0 Å². The van der Waals surface area contributed by atoms with E-state index in [0.29, 0.717) is 24.3 Å². The Hall–Kier alpha value is -3.15. The number of carbonyl (C=O) groups excluding carboxylic acids is 3. The molecular formula is C22H27N3O3. The van der Waals surface area contributed by atoms with Crippen LogP contribution in [-0.4, -0.2) is 24.3 Å². The van der Waals surface area contributed by atoms with Crippen LogP contribution in [0.1, 0.15) is 48.5 Å². The Morgan fingerprint density at radius 1 is 0.786 bits per heavy atom. The summed E-state index contributed by atoms with van der Waals surface area (Å²) in [6, 6.07) is 16.2. The van der Waals surface area contributed by atoms with Crippen molar-refractivity contribution in [1.82, 2.24) is 10.6 Å². The minimum absolute atomic E-state index is 0.305. The second kappa shape index (κ2) is 11.5. The molecule has 0 radical (unpaired) electrons. The van der Waals surface area contributed by atoms with Crippen LogP contribution in [0.5, 0.6) is 0 Å². The molecule has 0 fully saturated rings. The first-order chi connectivity index (χ1) is 13.6. The second-order valence-corrected chi connectivity index (χ2v) is 6.48. The zero-order valence-corrected chi connectivity index (χ0v) is 16.2. The summed E-state index contributed by atoms with van der Waals surface area (Å²) in [5.74, 6) is -1.80. The van der Waals surface area contributed by atoms with Crippen LogP contribution < -0.4 is 16.0 Å². The molecule has 0 unspecified atom stereocenters. The van der Waals surface area contributed by atoms with Crippen molar-refractivity contribution >= 4 is 23.4 Å². The molecule has 0 saturated carbocycles. The summed E-state index contributed by atoms with van der Waals surface area (Å²) < 4.78 is 0. The molecule has 6 nitrogen and oxygen atoms in total. The molecule has 148 valence electrons. The monoisotopic (exact) mass is 381 g/mol. The number of hydrogen-bond acceptors (Lipinski definition) is 3. The van der Waals surface area contributed by atoms with Crippen LogP contribution >= 0.6 is 0 Å². The van der Waals surface area contributed by atoms with Gasteiger partial charge in [0, 0.05) is 13.1 Å². The summed E-state index contributed by atoms with van der Waals surface area (Å²) in [6.07, 6.45) is 4.07. The number of hydrogen-bond donors (Lipinski definition) is 3. The van der Waals surface area contributed by atoms with Crippen molar-refractivity contribution in [3.8, 4) is 0 Å². The topological polar surface area (TPSA) is 87.3 Å². The minimum atomic E-state index is -0.779. The molecule has 2 aromatic carbocycles. The Labute approximate surface area is 165 Å².